The number of fused-ring (bicyclic) bond motifs is 1. The van der Waals surface area contributed by atoms with Gasteiger partial charge in [-0.15, -0.1) is 0 Å². The smallest absolute Gasteiger partial charge is 0.471 e. The lowest BCUT2D eigenvalue weighted by Gasteiger charge is -2.07. The van der Waals surface area contributed by atoms with Gasteiger partial charge in [0.1, 0.15) is 5.75 Å². The summed E-state index contributed by atoms with van der Waals surface area (Å²) in [7, 11) is 1.80. The molecule has 1 heterocycles. The summed E-state index contributed by atoms with van der Waals surface area (Å²) in [4.78, 5) is 10.7. The molecule has 1 aromatic heterocycles. The van der Waals surface area contributed by atoms with E-state index in [2.05, 4.69) is 0 Å². The summed E-state index contributed by atoms with van der Waals surface area (Å²) in [6.07, 6.45) is -2.84. The van der Waals surface area contributed by atoms with Gasteiger partial charge in [0.15, 0.2) is 0 Å². The lowest BCUT2D eigenvalue weighted by Crippen LogP contribution is -2.37. The molecule has 7 heteroatoms. The van der Waals surface area contributed by atoms with Gasteiger partial charge in [0, 0.05) is 30.7 Å². The predicted octanol–water partition coefficient (Wildman–Crippen LogP) is 2.10. The number of benzene rings is 1. The molecule has 20 heavy (non-hydrogen) atoms. The zero-order chi connectivity index (χ0) is 14.9. The molecule has 2 rings (SSSR count). The van der Waals surface area contributed by atoms with Crippen LogP contribution < -0.4 is 5.32 Å². The lowest BCUT2D eigenvalue weighted by atomic mass is 10.1. The molecule has 0 bridgehead atoms. The van der Waals surface area contributed by atoms with Crippen molar-refractivity contribution in [3.8, 4) is 5.75 Å². The molecule has 0 aliphatic carbocycles. The van der Waals surface area contributed by atoms with Gasteiger partial charge in [-0.3, -0.25) is 4.79 Å². The number of rotatable bonds is 3. The summed E-state index contributed by atoms with van der Waals surface area (Å²) in [6.45, 7) is -0.118. The molecule has 0 radical (unpaired) electrons. The predicted molar refractivity (Wildman–Crippen MR) is 67.4 cm³/mol. The highest BCUT2D eigenvalue weighted by atomic mass is 19.4. The SMILES string of the molecule is Cn1cc(CCNC(=O)C(F)(F)F)c2cc(O)ccc21. The molecule has 2 aromatic rings. The Bertz CT molecular complexity index is 647. The molecular weight excluding hydrogens is 273 g/mol. The van der Waals surface area contributed by atoms with Gasteiger partial charge in [-0.25, -0.2) is 0 Å². The number of nitrogens with one attached hydrogen (secondary N) is 1. The van der Waals surface area contributed by atoms with Crippen LogP contribution in [-0.4, -0.2) is 28.3 Å². The zero-order valence-electron chi connectivity index (χ0n) is 10.7. The van der Waals surface area contributed by atoms with Crippen LogP contribution in [0.5, 0.6) is 5.75 Å². The first-order valence-electron chi connectivity index (χ1n) is 5.91. The van der Waals surface area contributed by atoms with E-state index in [1.165, 1.54) is 6.07 Å². The minimum atomic E-state index is -4.86. The van der Waals surface area contributed by atoms with Crippen molar-refractivity contribution >= 4 is 16.8 Å². The number of carbonyl (C=O) groups excluding carboxylic acids is 1. The lowest BCUT2D eigenvalue weighted by molar-refractivity contribution is -0.173. The van der Waals surface area contributed by atoms with Gasteiger partial charge in [0.25, 0.3) is 0 Å². The number of phenolic OH excluding ortho intramolecular Hbond substituents is 1. The Balaban J connectivity index is 2.11. The van der Waals surface area contributed by atoms with Gasteiger partial charge in [0.05, 0.1) is 0 Å². The van der Waals surface area contributed by atoms with E-state index in [9.17, 15) is 23.1 Å². The maximum atomic E-state index is 12.0. The Morgan fingerprint density at radius 2 is 2.10 bits per heavy atom. The maximum absolute atomic E-state index is 12.0. The molecule has 1 aromatic carbocycles. The number of carbonyl (C=O) groups is 1. The van der Waals surface area contributed by atoms with Gasteiger partial charge in [-0.05, 0) is 30.2 Å². The van der Waals surface area contributed by atoms with E-state index < -0.39 is 12.1 Å². The first-order valence-corrected chi connectivity index (χ1v) is 5.91. The van der Waals surface area contributed by atoms with Gasteiger partial charge in [0.2, 0.25) is 0 Å². The Morgan fingerprint density at radius 1 is 1.40 bits per heavy atom. The second kappa shape index (κ2) is 5.07. The molecule has 108 valence electrons. The second-order valence-electron chi connectivity index (χ2n) is 4.47. The van der Waals surface area contributed by atoms with E-state index in [1.807, 2.05) is 9.88 Å². The van der Waals surface area contributed by atoms with Crippen LogP contribution in [0, 0.1) is 0 Å². The van der Waals surface area contributed by atoms with Crippen LogP contribution in [0.3, 0.4) is 0 Å². The van der Waals surface area contributed by atoms with E-state index in [4.69, 9.17) is 0 Å². The topological polar surface area (TPSA) is 54.3 Å². The fourth-order valence-electron chi connectivity index (χ4n) is 2.07. The van der Waals surface area contributed by atoms with E-state index in [0.29, 0.717) is 0 Å². The van der Waals surface area contributed by atoms with Crippen LogP contribution in [0.2, 0.25) is 0 Å². The second-order valence-corrected chi connectivity index (χ2v) is 4.47. The number of hydrogen-bond donors (Lipinski definition) is 2. The van der Waals surface area contributed by atoms with Crippen molar-refractivity contribution < 1.29 is 23.1 Å². The van der Waals surface area contributed by atoms with Crippen molar-refractivity contribution in [1.29, 1.82) is 0 Å². The minimum absolute atomic E-state index is 0.0873. The molecule has 2 N–H and O–H groups in total. The molecule has 0 unspecified atom stereocenters. The normalized spacial score (nSPS) is 11.8. The third-order valence-electron chi connectivity index (χ3n) is 2.99. The highest BCUT2D eigenvalue weighted by Gasteiger charge is 2.38. The number of aryl methyl sites for hydroxylation is 1. The van der Waals surface area contributed by atoms with Gasteiger partial charge >= 0.3 is 12.1 Å². The van der Waals surface area contributed by atoms with Gasteiger partial charge in [-0.2, -0.15) is 13.2 Å². The van der Waals surface area contributed by atoms with E-state index in [-0.39, 0.29) is 18.7 Å². The minimum Gasteiger partial charge on any atom is -0.508 e. The molecule has 1 amide bonds. The summed E-state index contributed by atoms with van der Waals surface area (Å²) in [5, 5.41) is 12.0. The van der Waals surface area contributed by atoms with Crippen LogP contribution in [-0.2, 0) is 18.3 Å². The van der Waals surface area contributed by atoms with E-state index in [0.717, 1.165) is 16.5 Å². The fourth-order valence-corrected chi connectivity index (χ4v) is 2.07. The molecule has 0 spiro atoms. The quantitative estimate of drug-likeness (QED) is 0.908. The van der Waals surface area contributed by atoms with Crippen LogP contribution in [0.25, 0.3) is 10.9 Å². The molecule has 0 saturated carbocycles. The monoisotopic (exact) mass is 286 g/mol. The van der Waals surface area contributed by atoms with E-state index >= 15 is 0 Å². The Hall–Kier alpha value is -2.18. The Kier molecular flexibility index (Phi) is 3.61. The average Bonchev–Trinajstić information content (AvgIpc) is 2.64. The van der Waals surface area contributed by atoms with Crippen molar-refractivity contribution in [2.45, 2.75) is 12.6 Å². The molecular formula is C13H13F3N2O2. The van der Waals surface area contributed by atoms with Gasteiger partial charge in [-0.1, -0.05) is 0 Å². The number of halogens is 3. The number of nitrogens with zero attached hydrogens (tertiary/aromatic N) is 1. The molecule has 0 saturated heterocycles. The third-order valence-corrected chi connectivity index (χ3v) is 2.99. The molecule has 4 nitrogen and oxygen atoms in total. The van der Waals surface area contributed by atoms with Crippen LogP contribution >= 0.6 is 0 Å². The number of phenols is 1. The highest BCUT2D eigenvalue weighted by Crippen LogP contribution is 2.25. The standard InChI is InChI=1S/C13H13F3N2O2/c1-18-7-8(4-5-17-12(20)13(14,15)16)10-6-9(19)2-3-11(10)18/h2-3,6-7,19H,4-5H2,1H3,(H,17,20). The summed E-state index contributed by atoms with van der Waals surface area (Å²) in [5.74, 6) is -1.86. The van der Waals surface area contributed by atoms with E-state index in [1.54, 1.807) is 25.4 Å². The van der Waals surface area contributed by atoms with Crippen LogP contribution in [0.1, 0.15) is 5.56 Å². The van der Waals surface area contributed by atoms with Gasteiger partial charge < -0.3 is 15.0 Å². The van der Waals surface area contributed by atoms with Crippen molar-refractivity contribution in [3.05, 3.63) is 30.0 Å². The summed E-state index contributed by atoms with van der Waals surface area (Å²) < 4.78 is 37.9. The first kappa shape index (κ1) is 14.2. The summed E-state index contributed by atoms with van der Waals surface area (Å²) >= 11 is 0. The van der Waals surface area contributed by atoms with Crippen molar-refractivity contribution in [2.24, 2.45) is 7.05 Å². The fraction of sp³-hybridized carbons (Fsp3) is 0.308. The number of aromatic hydroxyl groups is 1. The maximum Gasteiger partial charge on any atom is 0.471 e. The Labute approximate surface area is 112 Å². The highest BCUT2D eigenvalue weighted by molar-refractivity contribution is 5.85. The number of amides is 1. The number of hydrogen-bond acceptors (Lipinski definition) is 2. The number of aromatic nitrogens is 1. The molecule has 0 aliphatic heterocycles. The zero-order valence-corrected chi connectivity index (χ0v) is 10.7. The van der Waals surface area contributed by atoms with Crippen molar-refractivity contribution in [2.75, 3.05) is 6.54 Å². The molecule has 0 fully saturated rings. The molecule has 0 atom stereocenters. The van der Waals surface area contributed by atoms with Crippen LogP contribution in [0.4, 0.5) is 13.2 Å². The summed E-state index contributed by atoms with van der Waals surface area (Å²) in [6, 6.07) is 4.82. The Morgan fingerprint density at radius 3 is 2.75 bits per heavy atom. The first-order chi connectivity index (χ1) is 9.29. The molecule has 0 aliphatic rings. The van der Waals surface area contributed by atoms with Crippen LogP contribution in [0.15, 0.2) is 24.4 Å². The largest absolute Gasteiger partial charge is 0.508 e. The van der Waals surface area contributed by atoms with Crippen molar-refractivity contribution in [3.63, 3.8) is 0 Å². The third kappa shape index (κ3) is 2.87. The summed E-state index contributed by atoms with van der Waals surface area (Å²) in [5.41, 5.74) is 1.63. The van der Waals surface area contributed by atoms with Crippen molar-refractivity contribution in [1.82, 2.24) is 9.88 Å². The average molecular weight is 286 g/mol. The number of alkyl halides is 3.